The van der Waals surface area contributed by atoms with Crippen LogP contribution in [0.2, 0.25) is 10.0 Å². The molecule has 10 heteroatoms. The molecule has 0 atom stereocenters. The van der Waals surface area contributed by atoms with Crippen LogP contribution in [0, 0.1) is 0 Å². The summed E-state index contributed by atoms with van der Waals surface area (Å²) >= 11 is 12.9. The molecule has 0 saturated carbocycles. The highest BCUT2D eigenvalue weighted by molar-refractivity contribution is 8.18. The van der Waals surface area contributed by atoms with E-state index >= 15 is 0 Å². The van der Waals surface area contributed by atoms with Crippen molar-refractivity contribution >= 4 is 63.8 Å². The molecule has 1 heterocycles. The van der Waals surface area contributed by atoms with Crippen LogP contribution < -0.4 is 14.8 Å². The lowest BCUT2D eigenvalue weighted by Gasteiger charge is -2.13. The average Bonchev–Trinajstić information content (AvgIpc) is 3.18. The van der Waals surface area contributed by atoms with E-state index in [4.69, 9.17) is 32.7 Å². The molecule has 3 aromatic carbocycles. The van der Waals surface area contributed by atoms with Gasteiger partial charge in [-0.1, -0.05) is 54.4 Å². The summed E-state index contributed by atoms with van der Waals surface area (Å²) < 4.78 is 11.7. The Hall–Kier alpha value is -3.46. The monoisotopic (exact) mass is 584 g/mol. The quantitative estimate of drug-likeness (QED) is 0.253. The van der Waals surface area contributed by atoms with Crippen LogP contribution in [0.25, 0.3) is 6.08 Å². The predicted molar refractivity (Wildman–Crippen MR) is 156 cm³/mol. The van der Waals surface area contributed by atoms with Crippen molar-refractivity contribution in [3.63, 3.8) is 0 Å². The van der Waals surface area contributed by atoms with E-state index in [-0.39, 0.29) is 18.1 Å². The zero-order valence-electron chi connectivity index (χ0n) is 21.3. The molecule has 0 spiro atoms. The van der Waals surface area contributed by atoms with Gasteiger partial charge in [0.05, 0.1) is 21.6 Å². The molecule has 0 bridgehead atoms. The summed E-state index contributed by atoms with van der Waals surface area (Å²) in [5.74, 6) is 0.0140. The SMILES string of the molecule is CCOc1cc(/C=C2/SC(=O)N(CC(=O)Nc3ccc(CC)cc3)C2=O)ccc1OCc1ccc(Cl)c(Cl)c1. The zero-order chi connectivity index (χ0) is 27.9. The highest BCUT2D eigenvalue weighted by atomic mass is 35.5. The van der Waals surface area contributed by atoms with E-state index in [0.29, 0.717) is 39.4 Å². The number of imide groups is 1. The molecule has 1 fully saturated rings. The highest BCUT2D eigenvalue weighted by Crippen LogP contribution is 2.35. The summed E-state index contributed by atoms with van der Waals surface area (Å²) in [6, 6.07) is 17.9. The van der Waals surface area contributed by atoms with Gasteiger partial charge in [-0.25, -0.2) is 0 Å². The largest absolute Gasteiger partial charge is 0.490 e. The van der Waals surface area contributed by atoms with Crippen LogP contribution in [0.4, 0.5) is 10.5 Å². The minimum absolute atomic E-state index is 0.215. The van der Waals surface area contributed by atoms with Crippen molar-refractivity contribution in [1.29, 1.82) is 0 Å². The lowest BCUT2D eigenvalue weighted by atomic mass is 10.1. The van der Waals surface area contributed by atoms with Crippen molar-refractivity contribution in [3.8, 4) is 11.5 Å². The lowest BCUT2D eigenvalue weighted by molar-refractivity contribution is -0.127. The number of amides is 3. The topological polar surface area (TPSA) is 84.9 Å². The molecular weight excluding hydrogens is 559 g/mol. The molecule has 1 N–H and O–H groups in total. The molecule has 1 saturated heterocycles. The third-order valence-corrected chi connectivity index (χ3v) is 7.41. The van der Waals surface area contributed by atoms with Gasteiger partial charge in [0.25, 0.3) is 11.1 Å². The summed E-state index contributed by atoms with van der Waals surface area (Å²) in [6.07, 6.45) is 2.48. The van der Waals surface area contributed by atoms with Crippen LogP contribution in [-0.2, 0) is 22.6 Å². The van der Waals surface area contributed by atoms with Crippen molar-refractivity contribution in [3.05, 3.63) is 92.3 Å². The van der Waals surface area contributed by atoms with Gasteiger partial charge in [0.2, 0.25) is 5.91 Å². The molecule has 4 rings (SSSR count). The van der Waals surface area contributed by atoms with Crippen molar-refractivity contribution in [1.82, 2.24) is 4.90 Å². The number of nitrogens with zero attached hydrogens (tertiary/aromatic N) is 1. The van der Waals surface area contributed by atoms with Gasteiger partial charge in [0, 0.05) is 5.69 Å². The van der Waals surface area contributed by atoms with E-state index in [2.05, 4.69) is 5.32 Å². The van der Waals surface area contributed by atoms with E-state index in [0.717, 1.165) is 34.2 Å². The van der Waals surface area contributed by atoms with E-state index < -0.39 is 17.1 Å². The Kier molecular flexibility index (Phi) is 9.56. The first kappa shape index (κ1) is 28.5. The third kappa shape index (κ3) is 7.35. The minimum Gasteiger partial charge on any atom is -0.490 e. The van der Waals surface area contributed by atoms with Gasteiger partial charge in [-0.2, -0.15) is 0 Å². The second-order valence-electron chi connectivity index (χ2n) is 8.54. The van der Waals surface area contributed by atoms with Crippen molar-refractivity contribution < 1.29 is 23.9 Å². The molecule has 1 aliphatic heterocycles. The van der Waals surface area contributed by atoms with Crippen LogP contribution in [0.1, 0.15) is 30.5 Å². The number of benzene rings is 3. The molecule has 39 heavy (non-hydrogen) atoms. The van der Waals surface area contributed by atoms with Crippen LogP contribution in [0.15, 0.2) is 65.6 Å². The van der Waals surface area contributed by atoms with E-state index in [1.54, 1.807) is 48.5 Å². The number of hydrogen-bond donors (Lipinski definition) is 1. The summed E-state index contributed by atoms with van der Waals surface area (Å²) in [4.78, 5) is 39.1. The second kappa shape index (κ2) is 13.1. The maximum absolute atomic E-state index is 12.9. The number of anilines is 1. The van der Waals surface area contributed by atoms with Gasteiger partial charge in [-0.05, 0) is 84.3 Å². The number of rotatable bonds is 10. The number of nitrogens with one attached hydrogen (secondary N) is 1. The van der Waals surface area contributed by atoms with E-state index in [9.17, 15) is 14.4 Å². The Morgan fingerprint density at radius 1 is 0.923 bits per heavy atom. The number of thioether (sulfide) groups is 1. The van der Waals surface area contributed by atoms with Crippen molar-refractivity contribution in [2.75, 3.05) is 18.5 Å². The molecule has 0 aliphatic carbocycles. The highest BCUT2D eigenvalue weighted by Gasteiger charge is 2.36. The van der Waals surface area contributed by atoms with Gasteiger partial charge < -0.3 is 14.8 Å². The zero-order valence-corrected chi connectivity index (χ0v) is 23.7. The second-order valence-corrected chi connectivity index (χ2v) is 10.4. The normalized spacial score (nSPS) is 14.2. The number of hydrogen-bond acceptors (Lipinski definition) is 6. The fourth-order valence-corrected chi connectivity index (χ4v) is 4.91. The van der Waals surface area contributed by atoms with Gasteiger partial charge in [0.1, 0.15) is 13.2 Å². The maximum Gasteiger partial charge on any atom is 0.294 e. The first-order chi connectivity index (χ1) is 18.8. The Bertz CT molecular complexity index is 1430. The van der Waals surface area contributed by atoms with Gasteiger partial charge in [0.15, 0.2) is 11.5 Å². The number of carbonyl (C=O) groups is 3. The summed E-state index contributed by atoms with van der Waals surface area (Å²) in [7, 11) is 0. The molecule has 202 valence electrons. The van der Waals surface area contributed by atoms with Crippen LogP contribution in [0.5, 0.6) is 11.5 Å². The first-order valence-electron chi connectivity index (χ1n) is 12.2. The maximum atomic E-state index is 12.9. The van der Waals surface area contributed by atoms with E-state index in [1.165, 1.54) is 0 Å². The molecule has 7 nitrogen and oxygen atoms in total. The lowest BCUT2D eigenvalue weighted by Crippen LogP contribution is -2.36. The molecule has 0 aromatic heterocycles. The van der Waals surface area contributed by atoms with E-state index in [1.807, 2.05) is 32.0 Å². The first-order valence-corrected chi connectivity index (χ1v) is 13.8. The standard InChI is InChI=1S/C29H26Cl2N2O5S/c1-3-18-5-9-21(10-6-18)32-27(34)16-33-28(35)26(39-29(33)36)15-19-8-12-24(25(14-19)37-4-2)38-17-20-7-11-22(30)23(31)13-20/h5-15H,3-4,16-17H2,1-2H3,(H,32,34)/b26-15+. The van der Waals surface area contributed by atoms with Crippen molar-refractivity contribution in [2.24, 2.45) is 0 Å². The molecule has 3 amide bonds. The van der Waals surface area contributed by atoms with Gasteiger partial charge in [-0.15, -0.1) is 0 Å². The average molecular weight is 586 g/mol. The number of carbonyl (C=O) groups excluding carboxylic acids is 3. The number of halogens is 2. The van der Waals surface area contributed by atoms with Crippen molar-refractivity contribution in [2.45, 2.75) is 26.9 Å². The molecule has 1 aliphatic rings. The molecule has 3 aromatic rings. The smallest absolute Gasteiger partial charge is 0.294 e. The van der Waals surface area contributed by atoms with Crippen LogP contribution in [0.3, 0.4) is 0 Å². The Morgan fingerprint density at radius 3 is 2.36 bits per heavy atom. The molecule has 0 unspecified atom stereocenters. The molecule has 0 radical (unpaired) electrons. The van der Waals surface area contributed by atoms with Gasteiger partial charge >= 0.3 is 0 Å². The minimum atomic E-state index is -0.528. The summed E-state index contributed by atoms with van der Waals surface area (Å²) in [6.45, 7) is 4.17. The number of ether oxygens (including phenoxy) is 2. The van der Waals surface area contributed by atoms with Crippen LogP contribution >= 0.6 is 35.0 Å². The Balaban J connectivity index is 1.43. The summed E-state index contributed by atoms with van der Waals surface area (Å²) in [5.41, 5.74) is 3.23. The van der Waals surface area contributed by atoms with Crippen LogP contribution in [-0.4, -0.2) is 35.1 Å². The fourth-order valence-electron chi connectivity index (χ4n) is 3.75. The Labute approximate surface area is 241 Å². The van der Waals surface area contributed by atoms with Gasteiger partial charge in [-0.3, -0.25) is 19.3 Å². The summed E-state index contributed by atoms with van der Waals surface area (Å²) in [5, 5.41) is 3.12. The number of aryl methyl sites for hydroxylation is 1. The fraction of sp³-hybridized carbons (Fsp3) is 0.207. The predicted octanol–water partition coefficient (Wildman–Crippen LogP) is 7.21. The third-order valence-electron chi connectivity index (χ3n) is 5.76. The Morgan fingerprint density at radius 2 is 1.67 bits per heavy atom. The molecular formula is C29H26Cl2N2O5S.